The van der Waals surface area contributed by atoms with Gasteiger partial charge in [-0.25, -0.2) is 4.98 Å². The monoisotopic (exact) mass is 474 g/mol. The van der Waals surface area contributed by atoms with E-state index < -0.39 is 11.7 Å². The van der Waals surface area contributed by atoms with E-state index in [1.807, 2.05) is 36.4 Å². The Labute approximate surface area is 197 Å². The summed E-state index contributed by atoms with van der Waals surface area (Å²) in [6.45, 7) is 0. The molecular weight excluding hydrogens is 456 g/mol. The van der Waals surface area contributed by atoms with Crippen molar-refractivity contribution in [1.29, 1.82) is 0 Å². The van der Waals surface area contributed by atoms with Gasteiger partial charge in [-0.05, 0) is 53.2 Å². The van der Waals surface area contributed by atoms with Crippen LogP contribution in [0.3, 0.4) is 0 Å². The van der Waals surface area contributed by atoms with Crippen LogP contribution in [0.1, 0.15) is 15.4 Å². The second-order valence-corrected chi connectivity index (χ2v) is 8.27. The van der Waals surface area contributed by atoms with Crippen LogP contribution in [-0.4, -0.2) is 30.3 Å². The van der Waals surface area contributed by atoms with Gasteiger partial charge in [0.25, 0.3) is 5.78 Å². The number of fused-ring (bicyclic) bond motifs is 1. The largest absolute Gasteiger partial charge is 0.539 e. The van der Waals surface area contributed by atoms with Gasteiger partial charge in [0, 0.05) is 23.1 Å². The molecule has 34 heavy (non-hydrogen) atoms. The Morgan fingerprint density at radius 2 is 1.65 bits per heavy atom. The Bertz CT molecular complexity index is 1510. The Morgan fingerprint density at radius 1 is 1.00 bits per heavy atom. The van der Waals surface area contributed by atoms with E-state index in [9.17, 15) is 9.90 Å². The van der Waals surface area contributed by atoms with E-state index in [2.05, 4.69) is 10.3 Å². The van der Waals surface area contributed by atoms with Crippen molar-refractivity contribution in [3.63, 3.8) is 0 Å². The number of pyridine rings is 1. The molecule has 5 aromatic rings. The van der Waals surface area contributed by atoms with Gasteiger partial charge < -0.3 is 24.8 Å². The minimum atomic E-state index is -0.857. The van der Waals surface area contributed by atoms with Crippen molar-refractivity contribution < 1.29 is 28.6 Å². The van der Waals surface area contributed by atoms with Crippen LogP contribution in [0.25, 0.3) is 27.2 Å². The van der Waals surface area contributed by atoms with Crippen molar-refractivity contribution in [2.45, 2.75) is 0 Å². The lowest BCUT2D eigenvalue weighted by Gasteiger charge is -2.03. The van der Waals surface area contributed by atoms with Gasteiger partial charge in [-0.15, -0.1) is 11.3 Å². The summed E-state index contributed by atoms with van der Waals surface area (Å²) < 4.78 is 16.3. The molecule has 3 aromatic heterocycles. The van der Waals surface area contributed by atoms with Gasteiger partial charge in [-0.2, -0.15) is 0 Å². The van der Waals surface area contributed by atoms with Gasteiger partial charge in [0.05, 0.1) is 30.9 Å². The minimum absolute atomic E-state index is 0.192. The topological polar surface area (TPSA) is 127 Å². The van der Waals surface area contributed by atoms with E-state index in [0.29, 0.717) is 21.7 Å². The molecule has 10 heteroatoms. The third kappa shape index (κ3) is 3.59. The molecule has 5 rings (SSSR count). The number of hydrogen-bond acceptors (Lipinski definition) is 9. The zero-order valence-corrected chi connectivity index (χ0v) is 19.0. The Hall–Kier alpha value is -4.44. The molecule has 0 saturated heterocycles. The zero-order chi connectivity index (χ0) is 23.8. The normalized spacial score (nSPS) is 11.0. The molecule has 9 nitrogen and oxygen atoms in total. The van der Waals surface area contributed by atoms with E-state index >= 15 is 0 Å². The summed E-state index contributed by atoms with van der Waals surface area (Å²) in [6, 6.07) is 17.8. The highest BCUT2D eigenvalue weighted by Crippen LogP contribution is 2.36. The lowest BCUT2D eigenvalue weighted by atomic mass is 10.1. The number of nitrogens with zero attached hydrogens (tertiary/aromatic N) is 3. The number of thiophene rings is 1. The highest BCUT2D eigenvalue weighted by molar-refractivity contribution is 7.21. The van der Waals surface area contributed by atoms with Gasteiger partial charge in [0.2, 0.25) is 5.69 Å². The van der Waals surface area contributed by atoms with Crippen molar-refractivity contribution in [3.8, 4) is 34.4 Å². The summed E-state index contributed by atoms with van der Waals surface area (Å²) in [5, 5.41) is 16.8. The van der Waals surface area contributed by atoms with Gasteiger partial charge in [-0.1, -0.05) is 0 Å². The number of aromatic nitrogens is 3. The molecule has 0 fully saturated rings. The van der Waals surface area contributed by atoms with Crippen LogP contribution in [0.2, 0.25) is 0 Å². The van der Waals surface area contributed by atoms with Crippen molar-refractivity contribution >= 4 is 33.0 Å². The van der Waals surface area contributed by atoms with Gasteiger partial charge in [0.1, 0.15) is 21.2 Å². The first-order chi connectivity index (χ1) is 16.5. The molecule has 3 heterocycles. The van der Waals surface area contributed by atoms with Crippen LogP contribution in [0.4, 0.5) is 5.69 Å². The standard InChI is InChI=1S/C24H18N4O5S/c1-31-15-7-3-13(4-8-15)18-12-11-17-19(25)22(34-23(17)26-18)21(29)20-24(30)33-27-28(20)14-5-9-16(32-2)10-6-14/h3-12H,1-2H3,(H2-,25,27,29,30). The number of anilines is 1. The quantitative estimate of drug-likeness (QED) is 0.294. The van der Waals surface area contributed by atoms with Crippen molar-refractivity contribution in [2.75, 3.05) is 20.0 Å². The van der Waals surface area contributed by atoms with Crippen LogP contribution < -0.4 is 25.0 Å². The lowest BCUT2D eigenvalue weighted by Crippen LogP contribution is -2.39. The van der Waals surface area contributed by atoms with E-state index in [1.54, 1.807) is 38.5 Å². The first kappa shape index (κ1) is 21.4. The van der Waals surface area contributed by atoms with E-state index in [4.69, 9.17) is 19.7 Å². The molecule has 0 spiro atoms. The van der Waals surface area contributed by atoms with Gasteiger partial charge in [0.15, 0.2) is 5.95 Å². The number of ether oxygens (including phenoxy) is 2. The maximum Gasteiger partial charge on any atom is 0.312 e. The number of methoxy groups -OCH3 is 2. The molecule has 0 atom stereocenters. The van der Waals surface area contributed by atoms with E-state index in [-0.39, 0.29) is 16.3 Å². The maximum absolute atomic E-state index is 13.4. The maximum atomic E-state index is 13.4. The summed E-state index contributed by atoms with van der Waals surface area (Å²) >= 11 is 1.11. The lowest BCUT2D eigenvalue weighted by molar-refractivity contribution is -0.672. The van der Waals surface area contributed by atoms with Crippen LogP contribution in [-0.2, 0) is 0 Å². The first-order valence-electron chi connectivity index (χ1n) is 10.1. The van der Waals surface area contributed by atoms with Crippen molar-refractivity contribution in [2.24, 2.45) is 0 Å². The second kappa shape index (κ2) is 8.49. The SMILES string of the molecule is COc1ccc(-c2ccc3c(N)c(C(=O)c4c([O-])on[n+]4-c4ccc(OC)cc4)sc3n2)cc1. The molecule has 0 amide bonds. The summed E-state index contributed by atoms with van der Waals surface area (Å²) in [5.41, 5.74) is 8.38. The molecule has 0 aliphatic heterocycles. The first-order valence-corrected chi connectivity index (χ1v) is 10.9. The van der Waals surface area contributed by atoms with Crippen LogP contribution >= 0.6 is 11.3 Å². The number of carbonyl (C=O) groups excluding carboxylic acids is 1. The number of nitrogen functional groups attached to an aromatic ring is 1. The molecular formula is C24H18N4O5S. The van der Waals surface area contributed by atoms with Crippen molar-refractivity contribution in [3.05, 3.63) is 71.2 Å². The van der Waals surface area contributed by atoms with Crippen LogP contribution in [0.5, 0.6) is 17.4 Å². The fourth-order valence-corrected chi connectivity index (χ4v) is 4.57. The molecule has 0 radical (unpaired) electrons. The van der Waals surface area contributed by atoms with E-state index in [1.165, 1.54) is 0 Å². The fraction of sp³-hybridized carbons (Fsp3) is 0.0833. The Kier molecular flexibility index (Phi) is 5.34. The Morgan fingerprint density at radius 3 is 2.29 bits per heavy atom. The number of rotatable bonds is 6. The smallest absolute Gasteiger partial charge is 0.312 e. The average Bonchev–Trinajstić information content (AvgIpc) is 3.43. The second-order valence-electron chi connectivity index (χ2n) is 7.27. The van der Waals surface area contributed by atoms with E-state index in [0.717, 1.165) is 33.0 Å². The molecule has 0 aliphatic carbocycles. The molecule has 0 saturated carbocycles. The number of nitrogens with two attached hydrogens (primary N) is 1. The number of ketones is 1. The highest BCUT2D eigenvalue weighted by Gasteiger charge is 2.32. The highest BCUT2D eigenvalue weighted by atomic mass is 32.1. The number of benzene rings is 2. The summed E-state index contributed by atoms with van der Waals surface area (Å²) in [4.78, 5) is 18.8. The predicted molar refractivity (Wildman–Crippen MR) is 123 cm³/mol. The van der Waals surface area contributed by atoms with Crippen LogP contribution in [0.15, 0.2) is 65.2 Å². The predicted octanol–water partition coefficient (Wildman–Crippen LogP) is 3.13. The fourth-order valence-electron chi connectivity index (χ4n) is 3.53. The molecule has 0 unspecified atom stereocenters. The van der Waals surface area contributed by atoms with Gasteiger partial charge >= 0.3 is 5.69 Å². The van der Waals surface area contributed by atoms with Crippen LogP contribution in [0, 0.1) is 0 Å². The molecule has 170 valence electrons. The zero-order valence-electron chi connectivity index (χ0n) is 18.1. The summed E-state index contributed by atoms with van der Waals surface area (Å²) in [7, 11) is 3.15. The van der Waals surface area contributed by atoms with Crippen molar-refractivity contribution in [1.82, 2.24) is 10.3 Å². The summed E-state index contributed by atoms with van der Waals surface area (Å²) in [5.74, 6) is -0.0842. The third-order valence-electron chi connectivity index (χ3n) is 5.33. The molecule has 0 aliphatic rings. The molecule has 2 aromatic carbocycles. The number of hydrogen-bond donors (Lipinski definition) is 1. The average molecular weight is 474 g/mol. The summed E-state index contributed by atoms with van der Waals surface area (Å²) in [6.07, 6.45) is 0. The Balaban J connectivity index is 1.55. The third-order valence-corrected chi connectivity index (χ3v) is 6.44. The number of carbonyl (C=O) groups is 1. The minimum Gasteiger partial charge on any atom is -0.539 e. The molecule has 2 N–H and O–H groups in total. The van der Waals surface area contributed by atoms with Gasteiger partial charge in [-0.3, -0.25) is 4.79 Å². The molecule has 0 bridgehead atoms.